The quantitative estimate of drug-likeness (QED) is 0.592. The van der Waals surface area contributed by atoms with E-state index in [2.05, 4.69) is 14.7 Å². The Balaban J connectivity index is 1.62. The van der Waals surface area contributed by atoms with Gasteiger partial charge in [-0.15, -0.1) is 0 Å². The van der Waals surface area contributed by atoms with Crippen molar-refractivity contribution in [3.05, 3.63) is 76.3 Å². The molecule has 11 heteroatoms. The van der Waals surface area contributed by atoms with Gasteiger partial charge in [0.2, 0.25) is 0 Å². The molecular formula is C20H19N3O7S. The number of carbonyl (C=O) groups excluding carboxylic acids is 1. The van der Waals surface area contributed by atoms with Gasteiger partial charge in [0.25, 0.3) is 0 Å². The van der Waals surface area contributed by atoms with E-state index in [-0.39, 0.29) is 12.6 Å². The van der Waals surface area contributed by atoms with Crippen LogP contribution in [0.4, 0.5) is 10.5 Å². The fourth-order valence-corrected chi connectivity index (χ4v) is 4.81. The van der Waals surface area contributed by atoms with Crippen molar-refractivity contribution < 1.29 is 27.2 Å². The first-order chi connectivity index (χ1) is 14.9. The van der Waals surface area contributed by atoms with Crippen molar-refractivity contribution in [2.75, 3.05) is 4.31 Å². The third kappa shape index (κ3) is 4.17. The third-order valence-electron chi connectivity index (χ3n) is 4.91. The van der Waals surface area contributed by atoms with Gasteiger partial charge in [0.1, 0.15) is 12.7 Å². The van der Waals surface area contributed by atoms with Crippen LogP contribution in [-0.2, 0) is 27.8 Å². The second-order valence-corrected chi connectivity index (χ2v) is 8.63. The molecule has 0 saturated carbocycles. The molecule has 2 heterocycles. The summed E-state index contributed by atoms with van der Waals surface area (Å²) in [5, 5.41) is 2.09. The molecule has 1 aliphatic heterocycles. The van der Waals surface area contributed by atoms with Crippen molar-refractivity contribution in [1.29, 1.82) is 0 Å². The summed E-state index contributed by atoms with van der Waals surface area (Å²) in [5.41, 5.74) is 1.67. The molecule has 1 N–H and O–H groups in total. The maximum atomic E-state index is 13.2. The molecule has 0 amide bonds. The number of hydrogen-bond acceptors (Lipinski definition) is 8. The lowest BCUT2D eigenvalue weighted by molar-refractivity contribution is 0.151. The fourth-order valence-electron chi connectivity index (χ4n) is 3.43. The van der Waals surface area contributed by atoms with Gasteiger partial charge in [-0.3, -0.25) is 8.83 Å². The minimum Gasteiger partial charge on any atom is -0.457 e. The third-order valence-corrected chi connectivity index (χ3v) is 6.50. The lowest BCUT2D eigenvalue weighted by Crippen LogP contribution is -2.53. The molecule has 0 radical (unpaired) electrons. The van der Waals surface area contributed by atoms with Gasteiger partial charge in [0.15, 0.2) is 0 Å². The Morgan fingerprint density at radius 3 is 2.61 bits per heavy atom. The first kappa shape index (κ1) is 20.7. The zero-order valence-corrected chi connectivity index (χ0v) is 17.2. The van der Waals surface area contributed by atoms with Gasteiger partial charge in [-0.2, -0.15) is 8.42 Å². The summed E-state index contributed by atoms with van der Waals surface area (Å²) in [7, 11) is -4.54. The van der Waals surface area contributed by atoms with Crippen LogP contribution in [0.2, 0.25) is 0 Å². The topological polar surface area (TPSA) is 132 Å². The molecule has 0 aliphatic carbocycles. The summed E-state index contributed by atoms with van der Waals surface area (Å²) in [6.07, 6.45) is -0.413. The summed E-state index contributed by atoms with van der Waals surface area (Å²) < 4.78 is 42.5. The molecule has 162 valence electrons. The van der Waals surface area contributed by atoms with E-state index in [1.807, 2.05) is 0 Å². The summed E-state index contributed by atoms with van der Waals surface area (Å²) in [6.45, 7) is 1.42. The molecule has 2 atom stereocenters. The number of H-pyrrole nitrogens is 1. The van der Waals surface area contributed by atoms with E-state index in [0.717, 1.165) is 4.31 Å². The van der Waals surface area contributed by atoms with Crippen LogP contribution in [0.15, 0.2) is 63.9 Å². The first-order valence-corrected chi connectivity index (χ1v) is 10.9. The highest BCUT2D eigenvalue weighted by Crippen LogP contribution is 2.35. The van der Waals surface area contributed by atoms with E-state index < -0.39 is 33.2 Å². The molecule has 1 aromatic heterocycles. The Morgan fingerprint density at radius 1 is 1.19 bits per heavy atom. The van der Waals surface area contributed by atoms with Gasteiger partial charge >= 0.3 is 27.1 Å². The van der Waals surface area contributed by atoms with Crippen molar-refractivity contribution in [3.8, 4) is 6.01 Å². The maximum Gasteiger partial charge on any atom is 0.445 e. The number of rotatable bonds is 5. The summed E-state index contributed by atoms with van der Waals surface area (Å²) in [5.74, 6) is -0.798. The number of aromatic amines is 1. The zero-order valence-electron chi connectivity index (χ0n) is 16.4. The Hall–Kier alpha value is -3.60. The Bertz CT molecular complexity index is 1240. The Kier molecular flexibility index (Phi) is 5.51. The van der Waals surface area contributed by atoms with Crippen LogP contribution < -0.4 is 14.8 Å². The normalized spacial score (nSPS) is 18.3. The number of sulfonamides is 1. The van der Waals surface area contributed by atoms with Crippen molar-refractivity contribution in [1.82, 2.24) is 10.1 Å². The van der Waals surface area contributed by atoms with E-state index in [1.165, 1.54) is 0 Å². The summed E-state index contributed by atoms with van der Waals surface area (Å²) in [4.78, 5) is 26.0. The van der Waals surface area contributed by atoms with E-state index in [9.17, 15) is 18.0 Å². The Morgan fingerprint density at radius 2 is 1.90 bits per heavy atom. The Labute approximate surface area is 177 Å². The number of fused-ring (bicyclic) bond motifs is 1. The molecule has 2 aromatic carbocycles. The summed E-state index contributed by atoms with van der Waals surface area (Å²) in [6, 6.07) is 14.6. The lowest BCUT2D eigenvalue weighted by Gasteiger charge is -2.39. The predicted molar refractivity (Wildman–Crippen MR) is 109 cm³/mol. The van der Waals surface area contributed by atoms with Crippen LogP contribution in [0.3, 0.4) is 0 Å². The van der Waals surface area contributed by atoms with Crippen molar-refractivity contribution in [3.63, 3.8) is 0 Å². The van der Waals surface area contributed by atoms with Gasteiger partial charge in [-0.1, -0.05) is 48.5 Å². The highest BCUT2D eigenvalue weighted by Gasteiger charge is 2.44. The monoisotopic (exact) mass is 445 g/mol. The molecule has 0 bridgehead atoms. The van der Waals surface area contributed by atoms with Crippen LogP contribution in [-0.4, -0.2) is 36.0 Å². The molecule has 1 aliphatic rings. The van der Waals surface area contributed by atoms with E-state index in [0.29, 0.717) is 23.2 Å². The second-order valence-electron chi connectivity index (χ2n) is 6.96. The number of nitrogens with zero attached hydrogens (tertiary/aromatic N) is 2. The van der Waals surface area contributed by atoms with Crippen LogP contribution in [0.1, 0.15) is 18.1 Å². The molecule has 0 saturated heterocycles. The van der Waals surface area contributed by atoms with Gasteiger partial charge < -0.3 is 9.47 Å². The number of ether oxygens (including phenoxy) is 2. The van der Waals surface area contributed by atoms with Gasteiger partial charge in [0.05, 0.1) is 11.7 Å². The van der Waals surface area contributed by atoms with Gasteiger partial charge in [0, 0.05) is 6.42 Å². The highest BCUT2D eigenvalue weighted by atomic mass is 32.2. The summed E-state index contributed by atoms with van der Waals surface area (Å²) >= 11 is 0. The van der Waals surface area contributed by atoms with Crippen LogP contribution in [0.25, 0.3) is 0 Å². The molecular weight excluding hydrogens is 426 g/mol. The highest BCUT2D eigenvalue weighted by molar-refractivity contribution is 8.06. The molecule has 10 nitrogen and oxygen atoms in total. The average molecular weight is 445 g/mol. The van der Waals surface area contributed by atoms with Gasteiger partial charge in [-0.25, -0.2) is 14.6 Å². The fraction of sp³-hybridized carbons (Fsp3) is 0.250. The molecule has 31 heavy (non-hydrogen) atoms. The first-order valence-electron chi connectivity index (χ1n) is 9.42. The van der Waals surface area contributed by atoms with Gasteiger partial charge in [-0.05, 0) is 29.3 Å². The molecule has 4 rings (SSSR count). The number of para-hydroxylation sites is 1. The largest absolute Gasteiger partial charge is 0.457 e. The maximum absolute atomic E-state index is 13.2. The standard InChI is InChI=1S/C20H19N3O7S/c1-13-17(29-18-21-19(24)30-22-18)11-15-9-5-6-10-16(15)23(13)31(26,27)20(25)28-12-14-7-3-2-4-8-14/h2-10,13,17H,11-12H2,1H3,(H,21,22,24)/t13-,17-/m1/s1. The number of nitrogens with one attached hydrogen (secondary N) is 1. The minimum absolute atomic E-state index is 0.176. The number of benzene rings is 2. The molecule has 3 aromatic rings. The smallest absolute Gasteiger partial charge is 0.445 e. The van der Waals surface area contributed by atoms with Crippen LogP contribution in [0, 0.1) is 0 Å². The number of aromatic nitrogens is 2. The number of carbonyl (C=O) groups is 1. The molecule has 0 unspecified atom stereocenters. The van der Waals surface area contributed by atoms with Crippen LogP contribution >= 0.6 is 0 Å². The number of anilines is 1. The lowest BCUT2D eigenvalue weighted by atomic mass is 9.96. The van der Waals surface area contributed by atoms with Crippen molar-refractivity contribution >= 4 is 21.0 Å². The van der Waals surface area contributed by atoms with Crippen LogP contribution in [0.5, 0.6) is 6.01 Å². The predicted octanol–water partition coefficient (Wildman–Crippen LogP) is 2.23. The second kappa shape index (κ2) is 8.26. The zero-order chi connectivity index (χ0) is 22.0. The van der Waals surface area contributed by atoms with E-state index in [4.69, 9.17) is 9.47 Å². The molecule has 0 fully saturated rings. The van der Waals surface area contributed by atoms with E-state index in [1.54, 1.807) is 61.5 Å². The molecule has 0 spiro atoms. The van der Waals surface area contributed by atoms with Crippen molar-refractivity contribution in [2.45, 2.75) is 32.1 Å². The number of hydrogen-bond donors (Lipinski definition) is 1. The minimum atomic E-state index is -4.54. The van der Waals surface area contributed by atoms with E-state index >= 15 is 0 Å². The SMILES string of the molecule is C[C@@H]1[C@H](Oc2noc(=O)[nH]2)Cc2ccccc2N1S(=O)(=O)C(=O)OCc1ccccc1. The average Bonchev–Trinajstić information content (AvgIpc) is 3.17. The van der Waals surface area contributed by atoms with Crippen molar-refractivity contribution in [2.24, 2.45) is 0 Å².